The van der Waals surface area contributed by atoms with Crippen molar-refractivity contribution in [3.05, 3.63) is 48.0 Å². The molecule has 0 amide bonds. The van der Waals surface area contributed by atoms with Gasteiger partial charge in [0.05, 0.1) is 0 Å². The van der Waals surface area contributed by atoms with Crippen LogP contribution in [0.1, 0.15) is 25.0 Å². The van der Waals surface area contributed by atoms with Crippen LogP contribution in [0.5, 0.6) is 0 Å². The van der Waals surface area contributed by atoms with Crippen molar-refractivity contribution in [2.45, 2.75) is 13.8 Å². The first-order chi connectivity index (χ1) is 5.74. The van der Waals surface area contributed by atoms with Crippen LogP contribution in [0.15, 0.2) is 36.9 Å². The van der Waals surface area contributed by atoms with E-state index in [2.05, 4.69) is 36.9 Å². The maximum atomic E-state index is 3.90. The minimum atomic E-state index is 1.11. The summed E-state index contributed by atoms with van der Waals surface area (Å²) in [5, 5.41) is 0. The fraction of sp³-hybridized carbons (Fsp3) is 0.167. The summed E-state index contributed by atoms with van der Waals surface area (Å²) in [5.41, 5.74) is 3.56. The zero-order valence-corrected chi connectivity index (χ0v) is 7.67. The van der Waals surface area contributed by atoms with Crippen molar-refractivity contribution in [3.63, 3.8) is 0 Å². The second-order valence-corrected chi connectivity index (χ2v) is 2.91. The molecule has 1 aromatic rings. The summed E-state index contributed by atoms with van der Waals surface area (Å²) in [6.07, 6.45) is 4.13. The number of rotatable bonds is 2. The Kier molecular flexibility index (Phi) is 2.87. The van der Waals surface area contributed by atoms with E-state index in [4.69, 9.17) is 0 Å². The standard InChI is InChI=1S/C12H14/c1-4-6-11-7-5-8-12(9-11)10(2)3/h4-9H,2H2,1,3H3. The Hall–Kier alpha value is -1.30. The summed E-state index contributed by atoms with van der Waals surface area (Å²) >= 11 is 0. The van der Waals surface area contributed by atoms with Crippen molar-refractivity contribution in [3.8, 4) is 0 Å². The maximum Gasteiger partial charge on any atom is -0.0227 e. The fourth-order valence-corrected chi connectivity index (χ4v) is 1.10. The molecule has 0 aliphatic heterocycles. The van der Waals surface area contributed by atoms with Crippen LogP contribution in [-0.4, -0.2) is 0 Å². The highest BCUT2D eigenvalue weighted by atomic mass is 14.0. The van der Waals surface area contributed by atoms with E-state index in [0.717, 1.165) is 5.57 Å². The lowest BCUT2D eigenvalue weighted by atomic mass is 10.1. The molecule has 0 heteroatoms. The molecule has 12 heavy (non-hydrogen) atoms. The molecule has 0 nitrogen and oxygen atoms in total. The molecule has 0 fully saturated rings. The summed E-state index contributed by atoms with van der Waals surface area (Å²) in [5.74, 6) is 0. The number of hydrogen-bond donors (Lipinski definition) is 0. The quantitative estimate of drug-likeness (QED) is 0.615. The van der Waals surface area contributed by atoms with Gasteiger partial charge in [-0.25, -0.2) is 0 Å². The van der Waals surface area contributed by atoms with E-state index in [9.17, 15) is 0 Å². The van der Waals surface area contributed by atoms with Crippen molar-refractivity contribution < 1.29 is 0 Å². The highest BCUT2D eigenvalue weighted by molar-refractivity contribution is 5.64. The molecule has 0 bridgehead atoms. The maximum absolute atomic E-state index is 3.90. The number of benzene rings is 1. The Morgan fingerprint density at radius 1 is 1.42 bits per heavy atom. The first-order valence-electron chi connectivity index (χ1n) is 4.12. The first-order valence-corrected chi connectivity index (χ1v) is 4.12. The average Bonchev–Trinajstić information content (AvgIpc) is 2.05. The Balaban J connectivity index is 3.03. The van der Waals surface area contributed by atoms with Crippen molar-refractivity contribution in [2.75, 3.05) is 0 Å². The third-order valence-electron chi connectivity index (χ3n) is 1.74. The van der Waals surface area contributed by atoms with Crippen LogP contribution >= 0.6 is 0 Å². The summed E-state index contributed by atoms with van der Waals surface area (Å²) < 4.78 is 0. The monoisotopic (exact) mass is 158 g/mol. The molecule has 0 saturated carbocycles. The molecule has 0 heterocycles. The van der Waals surface area contributed by atoms with Gasteiger partial charge in [-0.05, 0) is 31.0 Å². The molecule has 0 saturated heterocycles. The second kappa shape index (κ2) is 3.91. The molecule has 0 spiro atoms. The second-order valence-electron chi connectivity index (χ2n) is 2.91. The molecule has 0 N–H and O–H groups in total. The molecule has 62 valence electrons. The van der Waals surface area contributed by atoms with Crippen LogP contribution in [0, 0.1) is 0 Å². The van der Waals surface area contributed by atoms with Crippen LogP contribution in [0.25, 0.3) is 11.6 Å². The lowest BCUT2D eigenvalue weighted by Gasteiger charge is -2.00. The van der Waals surface area contributed by atoms with Gasteiger partial charge in [-0.2, -0.15) is 0 Å². The van der Waals surface area contributed by atoms with E-state index in [1.54, 1.807) is 0 Å². The zero-order valence-electron chi connectivity index (χ0n) is 7.67. The molecule has 0 aliphatic carbocycles. The van der Waals surface area contributed by atoms with Crippen LogP contribution in [0.2, 0.25) is 0 Å². The molecule has 0 aliphatic rings. The summed E-state index contributed by atoms with van der Waals surface area (Å²) in [7, 11) is 0. The topological polar surface area (TPSA) is 0 Å². The van der Waals surface area contributed by atoms with Crippen LogP contribution in [-0.2, 0) is 0 Å². The summed E-state index contributed by atoms with van der Waals surface area (Å²) in [6, 6.07) is 8.36. The van der Waals surface area contributed by atoms with Gasteiger partial charge in [0.1, 0.15) is 0 Å². The van der Waals surface area contributed by atoms with Gasteiger partial charge in [0, 0.05) is 0 Å². The van der Waals surface area contributed by atoms with E-state index >= 15 is 0 Å². The summed E-state index contributed by atoms with van der Waals surface area (Å²) in [4.78, 5) is 0. The molecule has 1 rings (SSSR count). The van der Waals surface area contributed by atoms with E-state index in [1.165, 1.54) is 11.1 Å². The predicted molar refractivity (Wildman–Crippen MR) is 55.9 cm³/mol. The van der Waals surface area contributed by atoms with Crippen LogP contribution in [0.3, 0.4) is 0 Å². The van der Waals surface area contributed by atoms with Crippen molar-refractivity contribution in [1.82, 2.24) is 0 Å². The van der Waals surface area contributed by atoms with E-state index < -0.39 is 0 Å². The smallest absolute Gasteiger partial charge is 0.0227 e. The van der Waals surface area contributed by atoms with Gasteiger partial charge in [0.15, 0.2) is 0 Å². The highest BCUT2D eigenvalue weighted by Gasteiger charge is 1.92. The van der Waals surface area contributed by atoms with Gasteiger partial charge in [-0.1, -0.05) is 42.5 Å². The fourth-order valence-electron chi connectivity index (χ4n) is 1.10. The molecular formula is C12H14. The Morgan fingerprint density at radius 2 is 2.17 bits per heavy atom. The number of hydrogen-bond acceptors (Lipinski definition) is 0. The third kappa shape index (κ3) is 2.09. The average molecular weight is 158 g/mol. The summed E-state index contributed by atoms with van der Waals surface area (Å²) in [6.45, 7) is 7.95. The van der Waals surface area contributed by atoms with E-state index in [-0.39, 0.29) is 0 Å². The zero-order chi connectivity index (χ0) is 8.97. The lowest BCUT2D eigenvalue weighted by molar-refractivity contribution is 1.55. The lowest BCUT2D eigenvalue weighted by Crippen LogP contribution is -1.78. The van der Waals surface area contributed by atoms with Crippen molar-refractivity contribution in [2.24, 2.45) is 0 Å². The van der Waals surface area contributed by atoms with Crippen molar-refractivity contribution >= 4 is 11.6 Å². The van der Waals surface area contributed by atoms with Gasteiger partial charge in [0.25, 0.3) is 0 Å². The SMILES string of the molecule is C=C(C)c1cccc(C=CC)c1. The Labute approximate surface area is 74.2 Å². The Morgan fingerprint density at radius 3 is 2.75 bits per heavy atom. The van der Waals surface area contributed by atoms with Gasteiger partial charge in [-0.3, -0.25) is 0 Å². The normalized spacial score (nSPS) is 10.5. The molecule has 0 atom stereocenters. The predicted octanol–water partition coefficient (Wildman–Crippen LogP) is 3.75. The van der Waals surface area contributed by atoms with Gasteiger partial charge in [-0.15, -0.1) is 0 Å². The highest BCUT2D eigenvalue weighted by Crippen LogP contribution is 2.13. The van der Waals surface area contributed by atoms with Crippen LogP contribution < -0.4 is 0 Å². The van der Waals surface area contributed by atoms with Crippen molar-refractivity contribution in [1.29, 1.82) is 0 Å². The molecular weight excluding hydrogens is 144 g/mol. The molecule has 0 unspecified atom stereocenters. The molecule has 0 aromatic heterocycles. The van der Waals surface area contributed by atoms with E-state index in [1.807, 2.05) is 19.9 Å². The van der Waals surface area contributed by atoms with Gasteiger partial charge >= 0.3 is 0 Å². The first kappa shape index (κ1) is 8.79. The van der Waals surface area contributed by atoms with Gasteiger partial charge < -0.3 is 0 Å². The Bertz CT molecular complexity index is 306. The largest absolute Gasteiger partial charge is 0.0955 e. The molecule has 0 radical (unpaired) electrons. The van der Waals surface area contributed by atoms with Gasteiger partial charge in [0.2, 0.25) is 0 Å². The third-order valence-corrected chi connectivity index (χ3v) is 1.74. The number of allylic oxidation sites excluding steroid dienone is 2. The molecule has 1 aromatic carbocycles. The minimum Gasteiger partial charge on any atom is -0.0955 e. The minimum absolute atomic E-state index is 1.11. The van der Waals surface area contributed by atoms with E-state index in [0.29, 0.717) is 0 Å². The van der Waals surface area contributed by atoms with Crippen LogP contribution in [0.4, 0.5) is 0 Å².